The first kappa shape index (κ1) is 21.5. The second kappa shape index (κ2) is 11.9. The number of amides is 1. The lowest BCUT2D eigenvalue weighted by molar-refractivity contribution is -0.131. The monoisotopic (exact) mass is 348 g/mol. The van der Waals surface area contributed by atoms with E-state index in [9.17, 15) is 9.90 Å². The molecule has 1 rings (SSSR count). The lowest BCUT2D eigenvalue weighted by atomic mass is 9.93. The molecule has 0 saturated heterocycles. The molecule has 0 aliphatic rings. The number of unbranched alkanes of at least 4 members (excludes halogenated alkanes) is 3. The van der Waals surface area contributed by atoms with Crippen LogP contribution in [0.2, 0.25) is 0 Å². The summed E-state index contributed by atoms with van der Waals surface area (Å²) in [7, 11) is 1.85. The molecule has 4 heteroatoms. The summed E-state index contributed by atoms with van der Waals surface area (Å²) in [5, 5.41) is 9.79. The Kier molecular flexibility index (Phi) is 10.2. The number of hydrogen-bond acceptors (Lipinski definition) is 3. The van der Waals surface area contributed by atoms with Crippen LogP contribution in [0.1, 0.15) is 64.4 Å². The van der Waals surface area contributed by atoms with Crippen LogP contribution in [0.15, 0.2) is 24.3 Å². The Morgan fingerprint density at radius 2 is 1.84 bits per heavy atom. The van der Waals surface area contributed by atoms with Crippen LogP contribution >= 0.6 is 0 Å². The van der Waals surface area contributed by atoms with Gasteiger partial charge >= 0.3 is 0 Å². The van der Waals surface area contributed by atoms with E-state index in [2.05, 4.69) is 18.7 Å². The SMILES string of the molecule is CCCCCCN(CC)CCC(C(=O)N(C)CC)c1cccc(O)c1. The number of phenols is 1. The first-order valence-corrected chi connectivity index (χ1v) is 9.79. The molecule has 1 N–H and O–H groups in total. The van der Waals surface area contributed by atoms with E-state index in [-0.39, 0.29) is 17.6 Å². The highest BCUT2D eigenvalue weighted by Gasteiger charge is 2.24. The average molecular weight is 349 g/mol. The van der Waals surface area contributed by atoms with Crippen molar-refractivity contribution in [3.8, 4) is 5.75 Å². The van der Waals surface area contributed by atoms with E-state index in [1.54, 1.807) is 17.0 Å². The Balaban J connectivity index is 2.74. The Hall–Kier alpha value is -1.55. The zero-order valence-corrected chi connectivity index (χ0v) is 16.5. The van der Waals surface area contributed by atoms with Gasteiger partial charge in [0.2, 0.25) is 5.91 Å². The number of hydrogen-bond donors (Lipinski definition) is 1. The van der Waals surface area contributed by atoms with Gasteiger partial charge in [0.05, 0.1) is 5.92 Å². The van der Waals surface area contributed by atoms with Gasteiger partial charge < -0.3 is 14.9 Å². The number of benzene rings is 1. The van der Waals surface area contributed by atoms with Crippen molar-refractivity contribution in [1.29, 1.82) is 0 Å². The molecule has 4 nitrogen and oxygen atoms in total. The molecule has 0 aromatic heterocycles. The average Bonchev–Trinajstić information content (AvgIpc) is 2.62. The fraction of sp³-hybridized carbons (Fsp3) is 0.667. The maximum Gasteiger partial charge on any atom is 0.229 e. The molecule has 0 radical (unpaired) electrons. The molecule has 142 valence electrons. The quantitative estimate of drug-likeness (QED) is 0.574. The molecule has 1 unspecified atom stereocenters. The van der Waals surface area contributed by atoms with Crippen molar-refractivity contribution in [2.45, 2.75) is 58.8 Å². The molecule has 0 aliphatic carbocycles. The first-order valence-electron chi connectivity index (χ1n) is 9.79. The second-order valence-electron chi connectivity index (χ2n) is 6.78. The van der Waals surface area contributed by atoms with E-state index in [0.717, 1.165) is 31.6 Å². The Bertz CT molecular complexity index is 504. The van der Waals surface area contributed by atoms with Crippen LogP contribution in [0.3, 0.4) is 0 Å². The van der Waals surface area contributed by atoms with Crippen molar-refractivity contribution in [3.05, 3.63) is 29.8 Å². The minimum Gasteiger partial charge on any atom is -0.508 e. The van der Waals surface area contributed by atoms with Gasteiger partial charge in [-0.25, -0.2) is 0 Å². The summed E-state index contributed by atoms with van der Waals surface area (Å²) in [6.45, 7) is 10.1. The Morgan fingerprint density at radius 1 is 1.08 bits per heavy atom. The minimum atomic E-state index is -0.193. The molecular formula is C21H36N2O2. The van der Waals surface area contributed by atoms with Crippen LogP contribution in [0.4, 0.5) is 0 Å². The second-order valence-corrected chi connectivity index (χ2v) is 6.78. The predicted octanol–water partition coefficient (Wildman–Crippen LogP) is 4.25. The van der Waals surface area contributed by atoms with Crippen molar-refractivity contribution < 1.29 is 9.90 Å². The van der Waals surface area contributed by atoms with Crippen LogP contribution in [0, 0.1) is 0 Å². The zero-order valence-electron chi connectivity index (χ0n) is 16.5. The number of rotatable bonds is 12. The topological polar surface area (TPSA) is 43.8 Å². The van der Waals surface area contributed by atoms with Crippen molar-refractivity contribution in [3.63, 3.8) is 0 Å². The molecule has 0 spiro atoms. The normalized spacial score (nSPS) is 12.4. The summed E-state index contributed by atoms with van der Waals surface area (Å²) in [5.41, 5.74) is 0.910. The molecule has 0 saturated carbocycles. The van der Waals surface area contributed by atoms with Gasteiger partial charge in [-0.3, -0.25) is 4.79 Å². The van der Waals surface area contributed by atoms with Crippen LogP contribution in [-0.2, 0) is 4.79 Å². The summed E-state index contributed by atoms with van der Waals surface area (Å²) in [4.78, 5) is 17.0. The standard InChI is InChI=1S/C21H36N2O2/c1-5-8-9-10-15-23(7-3)16-14-20(21(25)22(4)6-2)18-12-11-13-19(24)17-18/h11-13,17,20,24H,5-10,14-16H2,1-4H3. The van der Waals surface area contributed by atoms with Gasteiger partial charge in [0, 0.05) is 13.6 Å². The van der Waals surface area contributed by atoms with E-state index < -0.39 is 0 Å². The fourth-order valence-electron chi connectivity index (χ4n) is 3.10. The summed E-state index contributed by atoms with van der Waals surface area (Å²) < 4.78 is 0. The summed E-state index contributed by atoms with van der Waals surface area (Å²) in [5.74, 6) is 0.165. The largest absolute Gasteiger partial charge is 0.508 e. The molecule has 0 aliphatic heterocycles. The van der Waals surface area contributed by atoms with Crippen molar-refractivity contribution in [2.24, 2.45) is 0 Å². The van der Waals surface area contributed by atoms with Crippen molar-refractivity contribution in [1.82, 2.24) is 9.80 Å². The van der Waals surface area contributed by atoms with E-state index in [0.29, 0.717) is 6.54 Å². The molecule has 0 fully saturated rings. The molecule has 1 atom stereocenters. The van der Waals surface area contributed by atoms with Gasteiger partial charge in [0.15, 0.2) is 0 Å². The van der Waals surface area contributed by atoms with Gasteiger partial charge in [-0.15, -0.1) is 0 Å². The molecule has 0 bridgehead atoms. The van der Waals surface area contributed by atoms with Gasteiger partial charge in [0.25, 0.3) is 0 Å². The lowest BCUT2D eigenvalue weighted by Gasteiger charge is -2.26. The van der Waals surface area contributed by atoms with Crippen molar-refractivity contribution in [2.75, 3.05) is 33.2 Å². The number of phenolic OH excluding ortho intramolecular Hbond substituents is 1. The highest BCUT2D eigenvalue weighted by molar-refractivity contribution is 5.83. The maximum absolute atomic E-state index is 12.8. The minimum absolute atomic E-state index is 0.134. The fourth-order valence-corrected chi connectivity index (χ4v) is 3.10. The molecule has 1 amide bonds. The van der Waals surface area contributed by atoms with Gasteiger partial charge in [0.1, 0.15) is 5.75 Å². The summed E-state index contributed by atoms with van der Waals surface area (Å²) in [6.07, 6.45) is 5.84. The molecule has 25 heavy (non-hydrogen) atoms. The molecule has 1 aromatic rings. The molecule has 1 aromatic carbocycles. The van der Waals surface area contributed by atoms with E-state index >= 15 is 0 Å². The van der Waals surface area contributed by atoms with E-state index in [1.165, 1.54) is 25.7 Å². The number of likely N-dealkylation sites (N-methyl/N-ethyl adjacent to an activating group) is 1. The van der Waals surface area contributed by atoms with Gasteiger partial charge in [-0.1, -0.05) is 45.2 Å². The predicted molar refractivity (Wildman–Crippen MR) is 105 cm³/mol. The highest BCUT2D eigenvalue weighted by Crippen LogP contribution is 2.25. The molecular weight excluding hydrogens is 312 g/mol. The lowest BCUT2D eigenvalue weighted by Crippen LogP contribution is -2.34. The zero-order chi connectivity index (χ0) is 18.7. The third-order valence-corrected chi connectivity index (χ3v) is 4.93. The van der Waals surface area contributed by atoms with Crippen LogP contribution in [0.5, 0.6) is 5.75 Å². The van der Waals surface area contributed by atoms with E-state index in [1.807, 2.05) is 26.1 Å². The van der Waals surface area contributed by atoms with Crippen LogP contribution < -0.4 is 0 Å². The summed E-state index contributed by atoms with van der Waals surface area (Å²) in [6, 6.07) is 7.15. The summed E-state index contributed by atoms with van der Waals surface area (Å²) >= 11 is 0. The highest BCUT2D eigenvalue weighted by atomic mass is 16.3. The first-order chi connectivity index (χ1) is 12.0. The third kappa shape index (κ3) is 7.47. The van der Waals surface area contributed by atoms with Crippen LogP contribution in [0.25, 0.3) is 0 Å². The number of nitrogens with zero attached hydrogens (tertiary/aromatic N) is 2. The Labute approximate surface area is 153 Å². The van der Waals surface area contributed by atoms with Gasteiger partial charge in [-0.2, -0.15) is 0 Å². The Morgan fingerprint density at radius 3 is 2.44 bits per heavy atom. The van der Waals surface area contributed by atoms with Crippen LogP contribution in [-0.4, -0.2) is 54.0 Å². The molecule has 0 heterocycles. The van der Waals surface area contributed by atoms with Gasteiger partial charge in [-0.05, 0) is 57.1 Å². The number of aromatic hydroxyl groups is 1. The van der Waals surface area contributed by atoms with E-state index in [4.69, 9.17) is 0 Å². The number of carbonyl (C=O) groups is 1. The maximum atomic E-state index is 12.8. The third-order valence-electron chi connectivity index (χ3n) is 4.93. The van der Waals surface area contributed by atoms with Crippen molar-refractivity contribution >= 4 is 5.91 Å². The smallest absolute Gasteiger partial charge is 0.229 e. The number of carbonyl (C=O) groups excluding carboxylic acids is 1.